The van der Waals surface area contributed by atoms with Crippen LogP contribution in [0.15, 0.2) is 42.5 Å². The summed E-state index contributed by atoms with van der Waals surface area (Å²) in [7, 11) is 1.53. The van der Waals surface area contributed by atoms with Gasteiger partial charge in [0.1, 0.15) is 5.75 Å². The van der Waals surface area contributed by atoms with E-state index in [2.05, 4.69) is 28.8 Å². The molecule has 0 aromatic heterocycles. The molecule has 120 valence electrons. The summed E-state index contributed by atoms with van der Waals surface area (Å²) in [4.78, 5) is 12.5. The van der Waals surface area contributed by atoms with E-state index in [1.165, 1.54) is 18.2 Å². The Kier molecular flexibility index (Phi) is 4.84. The van der Waals surface area contributed by atoms with Crippen molar-refractivity contribution in [3.63, 3.8) is 0 Å². The second kappa shape index (κ2) is 7.02. The molecule has 5 heteroatoms. The van der Waals surface area contributed by atoms with Crippen LogP contribution < -0.4 is 15.4 Å². The minimum atomic E-state index is -0.225. The summed E-state index contributed by atoms with van der Waals surface area (Å²) < 4.78 is 5.23. The Morgan fingerprint density at radius 1 is 1.30 bits per heavy atom. The molecule has 0 spiro atoms. The van der Waals surface area contributed by atoms with Gasteiger partial charge in [-0.05, 0) is 36.2 Å². The van der Waals surface area contributed by atoms with Crippen molar-refractivity contribution in [2.75, 3.05) is 20.2 Å². The zero-order valence-corrected chi connectivity index (χ0v) is 13.7. The van der Waals surface area contributed by atoms with E-state index in [0.29, 0.717) is 22.9 Å². The summed E-state index contributed by atoms with van der Waals surface area (Å²) in [6, 6.07) is 13.6. The third-order valence-corrected chi connectivity index (χ3v) is 4.42. The number of carbonyl (C=O) groups is 1. The first kappa shape index (κ1) is 15.8. The third-order valence-electron chi connectivity index (χ3n) is 4.10. The van der Waals surface area contributed by atoms with Crippen molar-refractivity contribution in [3.8, 4) is 5.75 Å². The molecular weight excluding hydrogens is 312 g/mol. The zero-order chi connectivity index (χ0) is 16.2. The van der Waals surface area contributed by atoms with Crippen molar-refractivity contribution in [3.05, 3.63) is 64.2 Å². The number of fused-ring (bicyclic) bond motifs is 1. The van der Waals surface area contributed by atoms with Crippen molar-refractivity contribution in [2.45, 2.75) is 12.5 Å². The van der Waals surface area contributed by atoms with Gasteiger partial charge >= 0.3 is 0 Å². The number of hydrogen-bond donors (Lipinski definition) is 2. The molecule has 23 heavy (non-hydrogen) atoms. The van der Waals surface area contributed by atoms with Gasteiger partial charge in [0.15, 0.2) is 0 Å². The molecule has 0 aliphatic carbocycles. The Balaban J connectivity index is 1.74. The number of rotatable bonds is 4. The van der Waals surface area contributed by atoms with Crippen LogP contribution >= 0.6 is 11.6 Å². The number of amides is 1. The first-order chi connectivity index (χ1) is 11.2. The van der Waals surface area contributed by atoms with E-state index in [1.807, 2.05) is 6.07 Å². The van der Waals surface area contributed by atoms with Crippen molar-refractivity contribution in [1.82, 2.24) is 10.6 Å². The number of halogens is 1. The van der Waals surface area contributed by atoms with E-state index in [4.69, 9.17) is 16.3 Å². The maximum atomic E-state index is 12.5. The topological polar surface area (TPSA) is 50.4 Å². The molecule has 1 aliphatic rings. The van der Waals surface area contributed by atoms with Crippen LogP contribution in [0.25, 0.3) is 0 Å². The van der Waals surface area contributed by atoms with Crippen molar-refractivity contribution in [1.29, 1.82) is 0 Å². The summed E-state index contributed by atoms with van der Waals surface area (Å²) in [5, 5.41) is 6.79. The molecule has 1 unspecified atom stereocenters. The minimum Gasteiger partial charge on any atom is -0.496 e. The molecule has 0 radical (unpaired) electrons. The van der Waals surface area contributed by atoms with Gasteiger partial charge in [-0.1, -0.05) is 41.9 Å². The molecule has 2 aromatic rings. The second-order valence-corrected chi connectivity index (χ2v) is 5.89. The Morgan fingerprint density at radius 2 is 2.13 bits per heavy atom. The van der Waals surface area contributed by atoms with Crippen molar-refractivity contribution >= 4 is 17.5 Å². The molecule has 0 fully saturated rings. The highest BCUT2D eigenvalue weighted by atomic mass is 35.5. The molecule has 3 rings (SSSR count). The van der Waals surface area contributed by atoms with Gasteiger partial charge in [0.2, 0.25) is 0 Å². The lowest BCUT2D eigenvalue weighted by atomic mass is 9.94. The number of hydrogen-bond acceptors (Lipinski definition) is 3. The minimum absolute atomic E-state index is 0.109. The van der Waals surface area contributed by atoms with Gasteiger partial charge in [-0.2, -0.15) is 0 Å². The number of carbonyl (C=O) groups excluding carboxylic acids is 1. The SMILES string of the molecule is COc1cccc(Cl)c1C(=O)NCC1NCCc2ccccc21. The molecule has 0 saturated carbocycles. The Morgan fingerprint density at radius 3 is 2.96 bits per heavy atom. The van der Waals surface area contributed by atoms with Gasteiger partial charge in [-0.3, -0.25) is 4.79 Å². The Hall–Kier alpha value is -2.04. The van der Waals surface area contributed by atoms with Gasteiger partial charge in [-0.15, -0.1) is 0 Å². The molecule has 2 N–H and O–H groups in total. The van der Waals surface area contributed by atoms with E-state index < -0.39 is 0 Å². The average molecular weight is 331 g/mol. The quantitative estimate of drug-likeness (QED) is 0.906. The fourth-order valence-electron chi connectivity index (χ4n) is 2.95. The maximum Gasteiger partial charge on any atom is 0.256 e. The van der Waals surface area contributed by atoms with Gasteiger partial charge in [0.05, 0.1) is 17.7 Å². The smallest absolute Gasteiger partial charge is 0.256 e. The Labute approximate surface area is 140 Å². The fraction of sp³-hybridized carbons (Fsp3) is 0.278. The molecule has 0 saturated heterocycles. The van der Waals surface area contributed by atoms with E-state index >= 15 is 0 Å². The molecule has 2 aromatic carbocycles. The zero-order valence-electron chi connectivity index (χ0n) is 12.9. The van der Waals surface area contributed by atoms with Crippen LogP contribution in [-0.4, -0.2) is 26.1 Å². The van der Waals surface area contributed by atoms with Crippen LogP contribution in [0.3, 0.4) is 0 Å². The lowest BCUT2D eigenvalue weighted by molar-refractivity contribution is 0.0946. The van der Waals surface area contributed by atoms with Gasteiger partial charge in [0.25, 0.3) is 5.91 Å². The van der Waals surface area contributed by atoms with Crippen molar-refractivity contribution in [2.24, 2.45) is 0 Å². The van der Waals surface area contributed by atoms with Crippen LogP contribution in [0.5, 0.6) is 5.75 Å². The molecule has 4 nitrogen and oxygen atoms in total. The van der Waals surface area contributed by atoms with E-state index in [0.717, 1.165) is 13.0 Å². The van der Waals surface area contributed by atoms with Crippen molar-refractivity contribution < 1.29 is 9.53 Å². The van der Waals surface area contributed by atoms with Crippen LogP contribution in [0.2, 0.25) is 5.02 Å². The standard InChI is InChI=1S/C18H19ClN2O2/c1-23-16-8-4-7-14(19)17(16)18(22)21-11-15-13-6-3-2-5-12(13)9-10-20-15/h2-8,15,20H,9-11H2,1H3,(H,21,22). The van der Waals surface area contributed by atoms with E-state index in [1.54, 1.807) is 18.2 Å². The monoisotopic (exact) mass is 330 g/mol. The maximum absolute atomic E-state index is 12.5. The number of ether oxygens (including phenoxy) is 1. The van der Waals surface area contributed by atoms with Crippen LogP contribution in [0.4, 0.5) is 0 Å². The second-order valence-electron chi connectivity index (χ2n) is 5.48. The molecular formula is C18H19ClN2O2. The van der Waals surface area contributed by atoms with Gasteiger partial charge < -0.3 is 15.4 Å². The lowest BCUT2D eigenvalue weighted by Crippen LogP contribution is -2.39. The fourth-order valence-corrected chi connectivity index (χ4v) is 3.20. The first-order valence-corrected chi connectivity index (χ1v) is 8.00. The van der Waals surface area contributed by atoms with E-state index in [-0.39, 0.29) is 11.9 Å². The highest BCUT2D eigenvalue weighted by molar-refractivity contribution is 6.34. The predicted molar refractivity (Wildman–Crippen MR) is 91.2 cm³/mol. The first-order valence-electron chi connectivity index (χ1n) is 7.62. The normalized spacial score (nSPS) is 16.5. The predicted octanol–water partition coefficient (Wildman–Crippen LogP) is 2.97. The number of nitrogens with one attached hydrogen (secondary N) is 2. The van der Waals surface area contributed by atoms with Crippen LogP contribution in [0.1, 0.15) is 27.5 Å². The van der Waals surface area contributed by atoms with Gasteiger partial charge in [0, 0.05) is 12.6 Å². The molecule has 1 atom stereocenters. The average Bonchev–Trinajstić information content (AvgIpc) is 2.59. The summed E-state index contributed by atoms with van der Waals surface area (Å²) in [6.07, 6.45) is 1.01. The molecule has 1 amide bonds. The van der Waals surface area contributed by atoms with Gasteiger partial charge in [-0.25, -0.2) is 0 Å². The summed E-state index contributed by atoms with van der Waals surface area (Å²) in [5.74, 6) is 0.254. The number of benzene rings is 2. The molecule has 1 aliphatic heterocycles. The lowest BCUT2D eigenvalue weighted by Gasteiger charge is -2.27. The van der Waals surface area contributed by atoms with E-state index in [9.17, 15) is 4.79 Å². The van der Waals surface area contributed by atoms with Crippen LogP contribution in [0, 0.1) is 0 Å². The summed E-state index contributed by atoms with van der Waals surface area (Å²) >= 11 is 6.15. The highest BCUT2D eigenvalue weighted by Gasteiger charge is 2.21. The molecule has 1 heterocycles. The largest absolute Gasteiger partial charge is 0.496 e. The third kappa shape index (κ3) is 3.33. The number of methoxy groups -OCH3 is 1. The molecule has 0 bridgehead atoms. The summed E-state index contributed by atoms with van der Waals surface area (Å²) in [6.45, 7) is 1.41. The van der Waals surface area contributed by atoms with Crippen LogP contribution in [-0.2, 0) is 6.42 Å². The Bertz CT molecular complexity index is 718. The highest BCUT2D eigenvalue weighted by Crippen LogP contribution is 2.26. The summed E-state index contributed by atoms with van der Waals surface area (Å²) in [5.41, 5.74) is 2.95.